The van der Waals surface area contributed by atoms with Gasteiger partial charge in [-0.1, -0.05) is 13.8 Å². The molecule has 18 heavy (non-hydrogen) atoms. The van der Waals surface area contributed by atoms with E-state index in [-0.39, 0.29) is 5.41 Å². The Balaban J connectivity index is 1.90. The maximum absolute atomic E-state index is 5.81. The predicted molar refractivity (Wildman–Crippen MR) is 74.7 cm³/mol. The third-order valence-electron chi connectivity index (χ3n) is 4.24. The summed E-state index contributed by atoms with van der Waals surface area (Å²) in [5.41, 5.74) is 0.142. The van der Waals surface area contributed by atoms with Crippen molar-refractivity contribution in [2.24, 2.45) is 0 Å². The third-order valence-corrected chi connectivity index (χ3v) is 4.24. The van der Waals surface area contributed by atoms with Crippen LogP contribution < -0.4 is 5.32 Å². The van der Waals surface area contributed by atoms with Gasteiger partial charge in [-0.25, -0.2) is 0 Å². The van der Waals surface area contributed by atoms with E-state index >= 15 is 0 Å². The Kier molecular flexibility index (Phi) is 4.16. The molecule has 1 aliphatic carbocycles. The summed E-state index contributed by atoms with van der Waals surface area (Å²) in [6.45, 7) is 8.97. The van der Waals surface area contributed by atoms with Crippen molar-refractivity contribution in [1.29, 1.82) is 0 Å². The molecule has 1 aliphatic rings. The summed E-state index contributed by atoms with van der Waals surface area (Å²) in [5.74, 6) is 2.15. The summed E-state index contributed by atoms with van der Waals surface area (Å²) in [6.07, 6.45) is 6.84. The van der Waals surface area contributed by atoms with Crippen LogP contribution in [-0.4, -0.2) is 12.1 Å². The second kappa shape index (κ2) is 5.48. The van der Waals surface area contributed by atoms with Crippen molar-refractivity contribution >= 4 is 0 Å². The van der Waals surface area contributed by atoms with Gasteiger partial charge in [0, 0.05) is 11.8 Å². The quantitative estimate of drug-likeness (QED) is 0.854. The molecule has 1 heterocycles. The number of aryl methyl sites for hydroxylation is 1. The normalized spacial score (nSPS) is 19.3. The zero-order valence-corrected chi connectivity index (χ0v) is 12.3. The van der Waals surface area contributed by atoms with Crippen molar-refractivity contribution in [2.75, 3.05) is 0 Å². The lowest BCUT2D eigenvalue weighted by Gasteiger charge is -2.26. The predicted octanol–water partition coefficient (Wildman–Crippen LogP) is 3.15. The monoisotopic (exact) mass is 250 g/mol. The lowest BCUT2D eigenvalue weighted by molar-refractivity contribution is -0.718. The van der Waals surface area contributed by atoms with Gasteiger partial charge in [0.2, 0.25) is 0 Å². The number of nitrogens with two attached hydrogens (primary N) is 1. The number of quaternary nitrogens is 1. The van der Waals surface area contributed by atoms with Crippen LogP contribution in [0.25, 0.3) is 0 Å². The Morgan fingerprint density at radius 1 is 1.33 bits per heavy atom. The van der Waals surface area contributed by atoms with Gasteiger partial charge in [0.25, 0.3) is 0 Å². The lowest BCUT2D eigenvalue weighted by atomic mass is 9.83. The second-order valence-corrected chi connectivity index (χ2v) is 6.71. The summed E-state index contributed by atoms with van der Waals surface area (Å²) in [5, 5.41) is 2.59. The van der Waals surface area contributed by atoms with Gasteiger partial charge in [-0.05, 0) is 51.7 Å². The minimum Gasteiger partial charge on any atom is -0.466 e. The first-order valence-corrected chi connectivity index (χ1v) is 7.39. The Morgan fingerprint density at radius 2 is 2.00 bits per heavy atom. The molecule has 2 heteroatoms. The van der Waals surface area contributed by atoms with Crippen LogP contribution in [0.3, 0.4) is 0 Å². The van der Waals surface area contributed by atoms with E-state index in [1.165, 1.54) is 32.1 Å². The van der Waals surface area contributed by atoms with E-state index in [1.54, 1.807) is 0 Å². The van der Waals surface area contributed by atoms with E-state index in [9.17, 15) is 0 Å². The average molecular weight is 250 g/mol. The molecule has 2 nitrogen and oxygen atoms in total. The van der Waals surface area contributed by atoms with Gasteiger partial charge in [-0.2, -0.15) is 0 Å². The minimum absolute atomic E-state index is 0.142. The number of rotatable bonds is 5. The van der Waals surface area contributed by atoms with Crippen LogP contribution in [-0.2, 0) is 5.41 Å². The van der Waals surface area contributed by atoms with Crippen LogP contribution in [0.2, 0.25) is 0 Å². The van der Waals surface area contributed by atoms with Crippen LogP contribution in [0, 0.1) is 6.92 Å². The fraction of sp³-hybridized carbons (Fsp3) is 0.750. The minimum atomic E-state index is 0.142. The topological polar surface area (TPSA) is 29.8 Å². The van der Waals surface area contributed by atoms with Crippen LogP contribution in [0.4, 0.5) is 0 Å². The molecule has 0 spiro atoms. The van der Waals surface area contributed by atoms with Crippen molar-refractivity contribution < 1.29 is 9.73 Å². The van der Waals surface area contributed by atoms with Gasteiger partial charge in [0.1, 0.15) is 11.5 Å². The van der Waals surface area contributed by atoms with Crippen LogP contribution in [0.5, 0.6) is 0 Å². The highest BCUT2D eigenvalue weighted by atomic mass is 16.3. The highest BCUT2D eigenvalue weighted by Crippen LogP contribution is 2.29. The third kappa shape index (κ3) is 3.38. The fourth-order valence-corrected chi connectivity index (χ4v) is 3.39. The molecule has 1 fully saturated rings. The zero-order valence-electron chi connectivity index (χ0n) is 12.3. The second-order valence-electron chi connectivity index (χ2n) is 6.71. The molecule has 0 unspecified atom stereocenters. The molecule has 2 rings (SSSR count). The summed E-state index contributed by atoms with van der Waals surface area (Å²) < 4.78 is 5.81. The Labute approximate surface area is 111 Å². The van der Waals surface area contributed by atoms with Crippen LogP contribution in [0.15, 0.2) is 16.5 Å². The molecular weight excluding hydrogens is 222 g/mol. The molecular formula is C16H28NO+. The maximum atomic E-state index is 5.81. The molecule has 0 amide bonds. The van der Waals surface area contributed by atoms with E-state index in [2.05, 4.69) is 38.2 Å². The molecule has 0 aromatic carbocycles. The molecule has 0 aliphatic heterocycles. The molecule has 1 aromatic heterocycles. The first-order chi connectivity index (χ1) is 8.47. The highest BCUT2D eigenvalue weighted by molar-refractivity contribution is 5.14. The van der Waals surface area contributed by atoms with E-state index in [0.717, 1.165) is 17.6 Å². The van der Waals surface area contributed by atoms with Crippen molar-refractivity contribution in [1.82, 2.24) is 0 Å². The molecule has 1 aromatic rings. The van der Waals surface area contributed by atoms with Gasteiger partial charge in [0.05, 0.1) is 12.1 Å². The molecule has 2 N–H and O–H groups in total. The first kappa shape index (κ1) is 13.7. The van der Waals surface area contributed by atoms with Crippen molar-refractivity contribution in [3.63, 3.8) is 0 Å². The van der Waals surface area contributed by atoms with Gasteiger partial charge in [0.15, 0.2) is 0 Å². The number of hydrogen-bond acceptors (Lipinski definition) is 1. The van der Waals surface area contributed by atoms with Crippen molar-refractivity contribution in [2.45, 2.75) is 77.3 Å². The van der Waals surface area contributed by atoms with Gasteiger partial charge in [-0.3, -0.25) is 0 Å². The summed E-state index contributed by atoms with van der Waals surface area (Å²) >= 11 is 0. The summed E-state index contributed by atoms with van der Waals surface area (Å²) in [4.78, 5) is 0. The van der Waals surface area contributed by atoms with Crippen LogP contribution >= 0.6 is 0 Å². The molecule has 1 saturated carbocycles. The maximum Gasteiger partial charge on any atom is 0.109 e. The van der Waals surface area contributed by atoms with Crippen molar-refractivity contribution in [3.05, 3.63) is 23.7 Å². The Bertz CT molecular complexity index is 374. The summed E-state index contributed by atoms with van der Waals surface area (Å²) in [6, 6.07) is 5.75. The van der Waals surface area contributed by atoms with Gasteiger partial charge >= 0.3 is 0 Å². The number of hydrogen-bond donors (Lipinski definition) is 1. The standard InChI is InChI=1S/C16H27NO/c1-12(17-14-7-5-6-8-14)11-16(3,4)15-10-9-13(2)18-15/h9-10,12,14,17H,5-8,11H2,1-4H3/p+1/t12-/m0/s1. The van der Waals surface area contributed by atoms with E-state index in [4.69, 9.17) is 4.42 Å². The molecule has 0 radical (unpaired) electrons. The fourth-order valence-electron chi connectivity index (χ4n) is 3.39. The van der Waals surface area contributed by atoms with Crippen LogP contribution in [0.1, 0.15) is 64.4 Å². The summed E-state index contributed by atoms with van der Waals surface area (Å²) in [7, 11) is 0. The molecule has 102 valence electrons. The average Bonchev–Trinajstić information content (AvgIpc) is 2.88. The zero-order chi connectivity index (χ0) is 13.2. The SMILES string of the molecule is Cc1ccc(C(C)(C)C[C@H](C)[NH2+]C2CCCC2)o1. The van der Waals surface area contributed by atoms with E-state index in [0.29, 0.717) is 6.04 Å². The lowest BCUT2D eigenvalue weighted by Crippen LogP contribution is -2.94. The van der Waals surface area contributed by atoms with E-state index < -0.39 is 0 Å². The molecule has 0 saturated heterocycles. The number of furan rings is 1. The highest BCUT2D eigenvalue weighted by Gasteiger charge is 2.30. The molecule has 0 bridgehead atoms. The van der Waals surface area contributed by atoms with Gasteiger partial charge in [-0.15, -0.1) is 0 Å². The smallest absolute Gasteiger partial charge is 0.109 e. The first-order valence-electron chi connectivity index (χ1n) is 7.39. The van der Waals surface area contributed by atoms with Crippen molar-refractivity contribution in [3.8, 4) is 0 Å². The van der Waals surface area contributed by atoms with Gasteiger partial charge < -0.3 is 9.73 Å². The molecule has 1 atom stereocenters. The largest absolute Gasteiger partial charge is 0.466 e. The Morgan fingerprint density at radius 3 is 2.56 bits per heavy atom. The van der Waals surface area contributed by atoms with E-state index in [1.807, 2.05) is 6.92 Å². The Hall–Kier alpha value is -0.760.